The van der Waals surface area contributed by atoms with Gasteiger partial charge in [0, 0.05) is 62.1 Å². The minimum Gasteiger partial charge on any atom is -0.333 e. The van der Waals surface area contributed by atoms with Crippen molar-refractivity contribution in [3.8, 4) is 5.69 Å². The molecule has 1 fully saturated rings. The Hall–Kier alpha value is -3.75. The van der Waals surface area contributed by atoms with Crippen LogP contribution in [0.25, 0.3) is 5.69 Å². The van der Waals surface area contributed by atoms with Gasteiger partial charge in [0.2, 0.25) is 0 Å². The molecule has 0 saturated carbocycles. The maximum atomic E-state index is 13.7. The number of H-pyrrole nitrogens is 1. The fourth-order valence-corrected chi connectivity index (χ4v) is 5.59. The molecule has 0 atom stereocenters. The lowest BCUT2D eigenvalue weighted by Gasteiger charge is -2.38. The summed E-state index contributed by atoms with van der Waals surface area (Å²) >= 11 is 6.09. The van der Waals surface area contributed by atoms with E-state index < -0.39 is 0 Å². The molecule has 2 aromatic heterocycles. The Labute approximate surface area is 238 Å². The van der Waals surface area contributed by atoms with E-state index in [4.69, 9.17) is 11.6 Å². The van der Waals surface area contributed by atoms with Gasteiger partial charge in [0.1, 0.15) is 5.82 Å². The van der Waals surface area contributed by atoms with Crippen LogP contribution in [0.5, 0.6) is 0 Å². The molecule has 9 heteroatoms. The van der Waals surface area contributed by atoms with E-state index in [1.807, 2.05) is 60.0 Å². The summed E-state index contributed by atoms with van der Waals surface area (Å²) in [6.07, 6.45) is 4.21. The Morgan fingerprint density at radius 2 is 1.75 bits per heavy atom. The standard InChI is InChI=1S/C31H33ClFN5O2/c1-22-28(30(39)38(35(22)2)27-12-10-25(33)11-13-27)21-37(18-14-23-6-8-24(32)9-7-23)26-15-19-36(20-16-26)31(40)29-5-3-4-17-34-29/h3-13,17,26H,14-16,18-21H2,1-2H3/p+1. The van der Waals surface area contributed by atoms with Crippen LogP contribution in [0.15, 0.2) is 77.7 Å². The summed E-state index contributed by atoms with van der Waals surface area (Å²) in [6.45, 7) is 4.50. The van der Waals surface area contributed by atoms with E-state index in [-0.39, 0.29) is 23.3 Å². The number of pyridine rings is 1. The molecule has 0 radical (unpaired) electrons. The highest BCUT2D eigenvalue weighted by Crippen LogP contribution is 2.22. The van der Waals surface area contributed by atoms with Crippen LogP contribution in [0.4, 0.5) is 4.39 Å². The van der Waals surface area contributed by atoms with Crippen LogP contribution in [-0.4, -0.2) is 50.7 Å². The molecular weight excluding hydrogens is 529 g/mol. The minimum absolute atomic E-state index is 0.00727. The Balaban J connectivity index is 1.37. The van der Waals surface area contributed by atoms with Crippen LogP contribution in [0.3, 0.4) is 0 Å². The van der Waals surface area contributed by atoms with Crippen molar-refractivity contribution in [2.24, 2.45) is 7.05 Å². The zero-order chi connectivity index (χ0) is 28.2. The molecule has 1 saturated heterocycles. The van der Waals surface area contributed by atoms with E-state index in [1.54, 1.807) is 29.1 Å². The van der Waals surface area contributed by atoms with Crippen LogP contribution in [0.2, 0.25) is 5.02 Å². The average Bonchev–Trinajstić information content (AvgIpc) is 3.19. The van der Waals surface area contributed by atoms with Crippen LogP contribution in [0, 0.1) is 12.7 Å². The van der Waals surface area contributed by atoms with Crippen molar-refractivity contribution in [1.82, 2.24) is 19.2 Å². The maximum Gasteiger partial charge on any atom is 0.318 e. The van der Waals surface area contributed by atoms with Crippen LogP contribution >= 0.6 is 11.6 Å². The van der Waals surface area contributed by atoms with Crippen LogP contribution in [0.1, 0.15) is 40.2 Å². The third kappa shape index (κ3) is 6.03. The van der Waals surface area contributed by atoms with Crippen molar-refractivity contribution in [3.05, 3.63) is 117 Å². The zero-order valence-electron chi connectivity index (χ0n) is 22.8. The number of nitrogens with zero attached hydrogens (tertiary/aromatic N) is 4. The number of aromatic amines is 1. The highest BCUT2D eigenvalue weighted by molar-refractivity contribution is 6.30. The van der Waals surface area contributed by atoms with Crippen molar-refractivity contribution in [2.75, 3.05) is 19.6 Å². The van der Waals surface area contributed by atoms with Gasteiger partial charge in [-0.05, 0) is 74.2 Å². The molecule has 3 heterocycles. The van der Waals surface area contributed by atoms with Gasteiger partial charge < -0.3 is 4.90 Å². The first kappa shape index (κ1) is 27.8. The van der Waals surface area contributed by atoms with Crippen LogP contribution in [-0.2, 0) is 20.0 Å². The van der Waals surface area contributed by atoms with E-state index in [9.17, 15) is 14.0 Å². The monoisotopic (exact) mass is 562 g/mol. The number of carbonyl (C=O) groups is 1. The molecule has 1 aliphatic rings. The SMILES string of the molecule is Cc1c(CN(CCc2ccc(Cl)cc2)C2CCN(C(=O)c3cccc[nH+]3)CC2)c(=O)n(-c2ccc(F)cc2)n1C. The minimum atomic E-state index is -0.341. The molecule has 7 nitrogen and oxygen atoms in total. The third-order valence-corrected chi connectivity index (χ3v) is 8.17. The first-order valence-electron chi connectivity index (χ1n) is 13.6. The number of aromatic nitrogens is 3. The van der Waals surface area contributed by atoms with Crippen molar-refractivity contribution >= 4 is 17.5 Å². The van der Waals surface area contributed by atoms with Crippen molar-refractivity contribution in [1.29, 1.82) is 0 Å². The molecule has 5 rings (SSSR count). The number of hydrogen-bond acceptors (Lipinski definition) is 3. The highest BCUT2D eigenvalue weighted by Gasteiger charge is 2.30. The second-order valence-corrected chi connectivity index (χ2v) is 10.8. The van der Waals surface area contributed by atoms with Gasteiger partial charge in [0.25, 0.3) is 11.3 Å². The van der Waals surface area contributed by atoms with Crippen molar-refractivity contribution < 1.29 is 14.2 Å². The Bertz CT molecular complexity index is 1510. The topological polar surface area (TPSA) is 64.6 Å². The fraction of sp³-hybridized carbons (Fsp3) is 0.323. The molecule has 208 valence electrons. The van der Waals surface area contributed by atoms with Crippen molar-refractivity contribution in [3.63, 3.8) is 0 Å². The van der Waals surface area contributed by atoms with Gasteiger partial charge in [-0.2, -0.15) is 0 Å². The lowest BCUT2D eigenvalue weighted by molar-refractivity contribution is -0.382. The first-order valence-corrected chi connectivity index (χ1v) is 14.0. The number of piperidine rings is 1. The van der Waals surface area contributed by atoms with E-state index in [1.165, 1.54) is 17.7 Å². The van der Waals surface area contributed by atoms with E-state index in [0.29, 0.717) is 36.0 Å². The number of carbonyl (C=O) groups excluding carboxylic acids is 1. The molecule has 1 aliphatic heterocycles. The lowest BCUT2D eigenvalue weighted by atomic mass is 10.0. The quantitative estimate of drug-likeness (QED) is 0.319. The Morgan fingerprint density at radius 3 is 2.40 bits per heavy atom. The predicted octanol–water partition coefficient (Wildman–Crippen LogP) is 4.44. The van der Waals surface area contributed by atoms with E-state index in [0.717, 1.165) is 37.1 Å². The molecule has 1 N–H and O–H groups in total. The zero-order valence-corrected chi connectivity index (χ0v) is 23.6. The first-order chi connectivity index (χ1) is 19.3. The average molecular weight is 563 g/mol. The molecule has 0 unspecified atom stereocenters. The van der Waals surface area contributed by atoms with Gasteiger partial charge in [0.15, 0.2) is 6.20 Å². The van der Waals surface area contributed by atoms with Gasteiger partial charge in [-0.15, -0.1) is 0 Å². The summed E-state index contributed by atoms with van der Waals surface area (Å²) in [5, 5.41) is 0.703. The summed E-state index contributed by atoms with van der Waals surface area (Å²) in [4.78, 5) is 34.0. The highest BCUT2D eigenvalue weighted by atomic mass is 35.5. The number of amides is 1. The van der Waals surface area contributed by atoms with E-state index in [2.05, 4.69) is 9.88 Å². The van der Waals surface area contributed by atoms with Gasteiger partial charge in [-0.3, -0.25) is 19.2 Å². The van der Waals surface area contributed by atoms with Gasteiger partial charge in [0.05, 0.1) is 11.3 Å². The summed E-state index contributed by atoms with van der Waals surface area (Å²) in [5.41, 5.74) is 3.88. The molecular formula is C31H34ClFN5O2+. The number of halogens is 2. The van der Waals surface area contributed by atoms with Gasteiger partial charge in [-0.1, -0.05) is 23.7 Å². The number of hydrogen-bond donors (Lipinski definition) is 0. The second kappa shape index (κ2) is 12.2. The Kier molecular flexibility index (Phi) is 8.47. The van der Waals surface area contributed by atoms with E-state index >= 15 is 0 Å². The fourth-order valence-electron chi connectivity index (χ4n) is 5.47. The number of benzene rings is 2. The smallest absolute Gasteiger partial charge is 0.318 e. The number of nitrogens with one attached hydrogen (secondary N) is 1. The molecule has 1 amide bonds. The summed E-state index contributed by atoms with van der Waals surface area (Å²) in [5.74, 6) is -0.334. The van der Waals surface area contributed by atoms with Crippen LogP contribution < -0.4 is 10.5 Å². The van der Waals surface area contributed by atoms with Crippen molar-refractivity contribution in [2.45, 2.75) is 38.8 Å². The summed E-state index contributed by atoms with van der Waals surface area (Å²) < 4.78 is 17.0. The van der Waals surface area contributed by atoms with Gasteiger partial charge in [-0.25, -0.2) is 14.1 Å². The molecule has 2 aromatic carbocycles. The summed E-state index contributed by atoms with van der Waals surface area (Å²) in [6, 6.07) is 19.6. The Morgan fingerprint density at radius 1 is 1.05 bits per heavy atom. The second-order valence-electron chi connectivity index (χ2n) is 10.3. The number of likely N-dealkylation sites (tertiary alicyclic amines) is 1. The predicted molar refractivity (Wildman–Crippen MR) is 153 cm³/mol. The lowest BCUT2D eigenvalue weighted by Crippen LogP contribution is -2.48. The molecule has 0 aliphatic carbocycles. The molecule has 4 aromatic rings. The molecule has 40 heavy (non-hydrogen) atoms. The normalized spacial score (nSPS) is 14.2. The number of rotatable bonds is 8. The third-order valence-electron chi connectivity index (χ3n) is 7.91. The summed E-state index contributed by atoms with van der Waals surface area (Å²) in [7, 11) is 1.85. The van der Waals surface area contributed by atoms with Gasteiger partial charge >= 0.3 is 5.91 Å². The largest absolute Gasteiger partial charge is 0.333 e. The maximum absolute atomic E-state index is 13.7. The molecule has 0 bridgehead atoms. The molecule has 0 spiro atoms.